The normalized spacial score (nSPS) is 44.3. The zero-order valence-electron chi connectivity index (χ0n) is 18.0. The number of aliphatic hydroxyl groups is 4. The van der Waals surface area contributed by atoms with Crippen LogP contribution in [0.25, 0.3) is 0 Å². The average molecular weight is 419 g/mol. The van der Waals surface area contributed by atoms with Crippen LogP contribution in [-0.2, 0) is 14.3 Å². The van der Waals surface area contributed by atoms with Crippen LogP contribution in [-0.4, -0.2) is 88.4 Å². The fourth-order valence-corrected chi connectivity index (χ4v) is 4.34. The zero-order valence-corrected chi connectivity index (χ0v) is 18.0. The highest BCUT2D eigenvalue weighted by molar-refractivity contribution is 5.80. The van der Waals surface area contributed by atoms with Crippen molar-refractivity contribution in [1.82, 2.24) is 10.6 Å². The quantitative estimate of drug-likeness (QED) is 0.313. The van der Waals surface area contributed by atoms with E-state index >= 15 is 0 Å². The van der Waals surface area contributed by atoms with Crippen molar-refractivity contribution in [2.24, 2.45) is 11.8 Å². The third-order valence-electron chi connectivity index (χ3n) is 6.42. The lowest BCUT2D eigenvalue weighted by Crippen LogP contribution is -2.67. The van der Waals surface area contributed by atoms with Gasteiger partial charge in [0.2, 0.25) is 5.91 Å². The van der Waals surface area contributed by atoms with E-state index < -0.39 is 54.3 Å². The van der Waals surface area contributed by atoms with Gasteiger partial charge in [-0.05, 0) is 38.6 Å². The fraction of sp³-hybridized carbons (Fsp3) is 0.950. The van der Waals surface area contributed by atoms with Gasteiger partial charge in [-0.3, -0.25) is 4.79 Å². The van der Waals surface area contributed by atoms with E-state index in [1.54, 1.807) is 14.0 Å². The average Bonchev–Trinajstić information content (AvgIpc) is 2.65. The predicted octanol–water partition coefficient (Wildman–Crippen LogP) is -0.890. The van der Waals surface area contributed by atoms with Crippen molar-refractivity contribution in [2.45, 2.75) is 95.3 Å². The largest absolute Gasteiger partial charge is 0.390 e. The van der Waals surface area contributed by atoms with Crippen molar-refractivity contribution in [1.29, 1.82) is 0 Å². The Balaban J connectivity index is 2.16. The van der Waals surface area contributed by atoms with Crippen LogP contribution in [0.15, 0.2) is 0 Å². The first-order valence-corrected chi connectivity index (χ1v) is 10.5. The van der Waals surface area contributed by atoms with Gasteiger partial charge < -0.3 is 40.5 Å². The lowest BCUT2D eigenvalue weighted by molar-refractivity contribution is -0.296. The molecule has 2 fully saturated rings. The molecule has 0 spiro atoms. The number of aliphatic hydroxyl groups excluding tert-OH is 3. The molecule has 2 aliphatic rings. The molecule has 10 unspecified atom stereocenters. The maximum atomic E-state index is 12.4. The molecule has 0 bridgehead atoms. The Morgan fingerprint density at radius 1 is 1.31 bits per heavy atom. The second-order valence-electron chi connectivity index (χ2n) is 8.88. The Kier molecular flexibility index (Phi) is 8.43. The summed E-state index contributed by atoms with van der Waals surface area (Å²) < 4.78 is 11.5. The molecule has 0 radical (unpaired) electrons. The molecule has 9 heteroatoms. The van der Waals surface area contributed by atoms with Gasteiger partial charge in [0.15, 0.2) is 6.29 Å². The van der Waals surface area contributed by atoms with E-state index in [0.717, 1.165) is 0 Å². The molecule has 0 aromatic carbocycles. The molecule has 1 heterocycles. The molecule has 9 nitrogen and oxygen atoms in total. The number of likely N-dealkylation sites (N-methyl/N-ethyl adjacent to an activating group) is 1. The highest BCUT2D eigenvalue weighted by Gasteiger charge is 2.49. The zero-order chi connectivity index (χ0) is 21.9. The van der Waals surface area contributed by atoms with Gasteiger partial charge in [0, 0.05) is 0 Å². The fourth-order valence-electron chi connectivity index (χ4n) is 4.34. The van der Waals surface area contributed by atoms with Crippen LogP contribution in [0.3, 0.4) is 0 Å². The van der Waals surface area contributed by atoms with Crippen LogP contribution in [0.4, 0.5) is 0 Å². The number of amides is 1. The van der Waals surface area contributed by atoms with E-state index in [9.17, 15) is 25.2 Å². The SMILES string of the molecule is CCCC(O)C(=O)NC1CC(C)C(C)C(O)C1OC1OCC(C)(O)C(NC)C1O. The molecule has 29 heavy (non-hydrogen) atoms. The third kappa shape index (κ3) is 5.46. The van der Waals surface area contributed by atoms with Crippen molar-refractivity contribution < 1.29 is 34.7 Å². The van der Waals surface area contributed by atoms with Gasteiger partial charge in [-0.2, -0.15) is 0 Å². The van der Waals surface area contributed by atoms with Crippen molar-refractivity contribution in [3.05, 3.63) is 0 Å². The van der Waals surface area contributed by atoms with Gasteiger partial charge in [-0.1, -0.05) is 27.2 Å². The van der Waals surface area contributed by atoms with Crippen LogP contribution in [0.5, 0.6) is 0 Å². The lowest BCUT2D eigenvalue weighted by Gasteiger charge is -2.48. The summed E-state index contributed by atoms with van der Waals surface area (Å²) in [5.41, 5.74) is -1.28. The third-order valence-corrected chi connectivity index (χ3v) is 6.42. The molecule has 1 saturated carbocycles. The Morgan fingerprint density at radius 2 is 1.97 bits per heavy atom. The van der Waals surface area contributed by atoms with Crippen molar-refractivity contribution >= 4 is 5.91 Å². The van der Waals surface area contributed by atoms with E-state index in [2.05, 4.69) is 10.6 Å². The number of rotatable bonds is 7. The molecule has 0 aromatic rings. The van der Waals surface area contributed by atoms with Gasteiger partial charge in [0.1, 0.15) is 23.9 Å². The maximum absolute atomic E-state index is 12.4. The van der Waals surface area contributed by atoms with E-state index in [0.29, 0.717) is 19.3 Å². The molecule has 1 aliphatic carbocycles. The second-order valence-corrected chi connectivity index (χ2v) is 8.88. The number of carbonyl (C=O) groups is 1. The minimum atomic E-state index is -1.28. The van der Waals surface area contributed by atoms with Gasteiger partial charge in [0.25, 0.3) is 0 Å². The monoisotopic (exact) mass is 418 g/mol. The summed E-state index contributed by atoms with van der Waals surface area (Å²) in [6, 6.07) is -1.22. The van der Waals surface area contributed by atoms with Crippen LogP contribution >= 0.6 is 0 Å². The number of carbonyl (C=O) groups excluding carboxylic acids is 1. The predicted molar refractivity (Wildman–Crippen MR) is 106 cm³/mol. The first-order valence-electron chi connectivity index (χ1n) is 10.5. The van der Waals surface area contributed by atoms with E-state index in [1.165, 1.54) is 0 Å². The van der Waals surface area contributed by atoms with E-state index in [4.69, 9.17) is 9.47 Å². The number of hydrogen-bond acceptors (Lipinski definition) is 8. The number of hydrogen-bond donors (Lipinski definition) is 6. The van der Waals surface area contributed by atoms with E-state index in [-0.39, 0.29) is 18.4 Å². The van der Waals surface area contributed by atoms with Crippen LogP contribution in [0, 0.1) is 11.8 Å². The lowest BCUT2D eigenvalue weighted by atomic mass is 9.75. The van der Waals surface area contributed by atoms with Crippen molar-refractivity contribution in [3.63, 3.8) is 0 Å². The molecule has 1 aliphatic heterocycles. The minimum absolute atomic E-state index is 0.0543. The van der Waals surface area contributed by atoms with Crippen LogP contribution in [0.2, 0.25) is 0 Å². The molecular weight excluding hydrogens is 380 g/mol. The maximum Gasteiger partial charge on any atom is 0.249 e. The summed E-state index contributed by atoms with van der Waals surface area (Å²) in [7, 11) is 1.63. The smallest absolute Gasteiger partial charge is 0.249 e. The van der Waals surface area contributed by atoms with Crippen LogP contribution in [0.1, 0.15) is 47.0 Å². The summed E-state index contributed by atoms with van der Waals surface area (Å²) >= 11 is 0. The van der Waals surface area contributed by atoms with Gasteiger partial charge in [0.05, 0.1) is 24.8 Å². The summed E-state index contributed by atoms with van der Waals surface area (Å²) in [5.74, 6) is -0.459. The van der Waals surface area contributed by atoms with Crippen LogP contribution < -0.4 is 10.6 Å². The summed E-state index contributed by atoms with van der Waals surface area (Å²) in [5, 5.41) is 47.6. The van der Waals surface area contributed by atoms with Crippen molar-refractivity contribution in [3.8, 4) is 0 Å². The molecule has 10 atom stereocenters. The Morgan fingerprint density at radius 3 is 2.55 bits per heavy atom. The highest BCUT2D eigenvalue weighted by Crippen LogP contribution is 2.34. The molecule has 2 rings (SSSR count). The molecule has 1 saturated heterocycles. The first-order chi connectivity index (χ1) is 13.5. The minimum Gasteiger partial charge on any atom is -0.390 e. The summed E-state index contributed by atoms with van der Waals surface area (Å²) in [4.78, 5) is 12.4. The topological polar surface area (TPSA) is 141 Å². The second kappa shape index (κ2) is 10.00. The molecule has 6 N–H and O–H groups in total. The Bertz CT molecular complexity index is 547. The highest BCUT2D eigenvalue weighted by atomic mass is 16.7. The first kappa shape index (κ1) is 24.5. The van der Waals surface area contributed by atoms with Gasteiger partial charge in [-0.25, -0.2) is 0 Å². The van der Waals surface area contributed by atoms with Crippen molar-refractivity contribution in [2.75, 3.05) is 13.7 Å². The summed E-state index contributed by atoms with van der Waals surface area (Å²) in [6.45, 7) is 7.29. The molecular formula is C20H38N2O7. The molecule has 1 amide bonds. The Labute approximate surface area is 172 Å². The number of ether oxygens (including phenoxy) is 2. The van der Waals surface area contributed by atoms with Gasteiger partial charge in [-0.15, -0.1) is 0 Å². The Hall–Kier alpha value is -0.810. The standard InChI is InChI=1S/C20H38N2O7/c1-6-7-13(23)18(26)22-12-8-10(2)11(3)14(24)16(12)29-19-15(25)17(21-5)20(4,27)9-28-19/h10-17,19,21,23-25,27H,6-9H2,1-5H3,(H,22,26). The van der Waals surface area contributed by atoms with Gasteiger partial charge >= 0.3 is 0 Å². The molecule has 0 aromatic heterocycles. The molecule has 170 valence electrons. The number of nitrogens with one attached hydrogen (secondary N) is 2. The van der Waals surface area contributed by atoms with E-state index in [1.807, 2.05) is 20.8 Å². The summed E-state index contributed by atoms with van der Waals surface area (Å²) in [6.07, 6.45) is -3.50.